The molecule has 2 heterocycles. The first-order chi connectivity index (χ1) is 16.6. The lowest BCUT2D eigenvalue weighted by molar-refractivity contribution is -0.193. The third-order valence-electron chi connectivity index (χ3n) is 9.74. The summed E-state index contributed by atoms with van der Waals surface area (Å²) in [5, 5.41) is 5.01. The monoisotopic (exact) mass is 486 g/mol. The summed E-state index contributed by atoms with van der Waals surface area (Å²) in [6, 6.07) is 9.10. The van der Waals surface area contributed by atoms with Crippen LogP contribution in [-0.4, -0.2) is 54.8 Å². The van der Waals surface area contributed by atoms with Gasteiger partial charge in [0, 0.05) is 5.41 Å². The minimum absolute atomic E-state index is 0.0648. The van der Waals surface area contributed by atoms with E-state index in [4.69, 9.17) is 19.0 Å². The summed E-state index contributed by atoms with van der Waals surface area (Å²) in [6.45, 7) is 10.9. The number of rotatable bonds is 6. The molecule has 2 saturated heterocycles. The highest BCUT2D eigenvalue weighted by molar-refractivity contribution is 5.75. The van der Waals surface area contributed by atoms with Crippen molar-refractivity contribution in [2.24, 2.45) is 28.6 Å². The number of nitrogens with one attached hydrogen (secondary N) is 1. The van der Waals surface area contributed by atoms with Crippen LogP contribution in [0.2, 0.25) is 0 Å². The maximum atomic E-state index is 12.9. The van der Waals surface area contributed by atoms with Gasteiger partial charge in [0.25, 0.3) is 0 Å². The molecule has 0 aromatic heterocycles. The predicted molar refractivity (Wildman–Crippen MR) is 128 cm³/mol. The van der Waals surface area contributed by atoms with Crippen LogP contribution in [0.5, 0.6) is 0 Å². The molecule has 4 aliphatic rings. The first-order valence-corrected chi connectivity index (χ1v) is 12.8. The third kappa shape index (κ3) is 3.67. The van der Waals surface area contributed by atoms with Crippen LogP contribution >= 0.6 is 0 Å². The molecule has 1 aromatic rings. The minimum Gasteiger partial charge on any atom is -0.469 e. The Labute approximate surface area is 207 Å². The van der Waals surface area contributed by atoms with Crippen LogP contribution < -0.4 is 5.32 Å². The second-order valence-corrected chi connectivity index (χ2v) is 11.5. The molecule has 2 saturated carbocycles. The number of hydroxylamine groups is 2. The molecule has 0 radical (unpaired) electrons. The number of carbonyl (C=O) groups is 2. The molecule has 8 nitrogen and oxygen atoms in total. The van der Waals surface area contributed by atoms with E-state index in [1.807, 2.05) is 42.3 Å². The number of benzene rings is 1. The maximum Gasteiger partial charge on any atom is 0.407 e. The summed E-state index contributed by atoms with van der Waals surface area (Å²) in [5.41, 5.74) is 1.12. The number of alkyl carbamates (subject to hydrolysis) is 1. The van der Waals surface area contributed by atoms with Gasteiger partial charge >= 0.3 is 12.1 Å². The van der Waals surface area contributed by atoms with E-state index >= 15 is 0 Å². The van der Waals surface area contributed by atoms with Crippen LogP contribution in [0, 0.1) is 28.6 Å². The van der Waals surface area contributed by atoms with E-state index < -0.39 is 24.0 Å². The predicted octanol–water partition coefficient (Wildman–Crippen LogP) is 3.89. The first-order valence-electron chi connectivity index (χ1n) is 12.8. The van der Waals surface area contributed by atoms with Crippen molar-refractivity contribution in [2.75, 3.05) is 7.11 Å². The molecule has 9 atom stereocenters. The topological polar surface area (TPSA) is 86.3 Å². The Hall–Kier alpha value is -2.16. The van der Waals surface area contributed by atoms with Crippen LogP contribution in [-0.2, 0) is 30.4 Å². The van der Waals surface area contributed by atoms with Crippen molar-refractivity contribution in [2.45, 2.75) is 84.6 Å². The molecular weight excluding hydrogens is 448 g/mol. The van der Waals surface area contributed by atoms with Crippen molar-refractivity contribution in [1.82, 2.24) is 10.4 Å². The van der Waals surface area contributed by atoms with Crippen LogP contribution in [0.15, 0.2) is 30.3 Å². The fourth-order valence-corrected chi connectivity index (χ4v) is 7.32. The zero-order chi connectivity index (χ0) is 25.1. The standard InChI is InChI=1S/C27H38N2O6/c1-15(24(30)32-6)20(28-25(31)33-14-17-10-8-7-9-11-17)19-16(2)35-29-21-18-12-13-27(5,26(18,3)4)22(21)34-23(19)29/h7-11,15-16,18-23H,12-14H2,1-6H3,(H,28,31)/t15-,16+,18-,19-,20-,21-,22-,23+,27+/m1/s1. The van der Waals surface area contributed by atoms with Crippen molar-refractivity contribution in [3.63, 3.8) is 0 Å². The molecule has 1 aromatic carbocycles. The Kier molecular flexibility index (Phi) is 6.13. The number of esters is 1. The quantitative estimate of drug-likeness (QED) is 0.611. The van der Waals surface area contributed by atoms with Gasteiger partial charge in [-0.15, -0.1) is 0 Å². The Balaban J connectivity index is 1.36. The molecular formula is C27H38N2O6. The van der Waals surface area contributed by atoms with Crippen LogP contribution in [0.25, 0.3) is 0 Å². The van der Waals surface area contributed by atoms with Gasteiger partial charge in [0.1, 0.15) is 12.8 Å². The van der Waals surface area contributed by atoms with Gasteiger partial charge in [-0.2, -0.15) is 5.06 Å². The van der Waals surface area contributed by atoms with E-state index in [0.717, 1.165) is 18.4 Å². The molecule has 192 valence electrons. The van der Waals surface area contributed by atoms with Gasteiger partial charge in [-0.05, 0) is 43.6 Å². The SMILES string of the molecule is COC(=O)[C@H](C)[C@@H](NC(=O)OCc1ccccc1)[C@H]1[C@H](C)ON2[C@@H]3[C@H]4CC[C@@](C)([C@@H]3O[C@@H]12)C4(C)C. The number of ether oxygens (including phenoxy) is 3. The van der Waals surface area contributed by atoms with Crippen molar-refractivity contribution in [3.05, 3.63) is 35.9 Å². The van der Waals surface area contributed by atoms with Gasteiger partial charge in [-0.3, -0.25) is 9.63 Å². The summed E-state index contributed by atoms with van der Waals surface area (Å²) in [5.74, 6) is -0.776. The van der Waals surface area contributed by atoms with E-state index in [0.29, 0.717) is 5.92 Å². The molecule has 2 aliphatic carbocycles. The first kappa shape index (κ1) is 24.5. The largest absolute Gasteiger partial charge is 0.469 e. The average molecular weight is 487 g/mol. The number of methoxy groups -OCH3 is 1. The Bertz CT molecular complexity index is 970. The number of nitrogens with zero attached hydrogens (tertiary/aromatic N) is 1. The molecule has 1 N–H and O–H groups in total. The number of hydrogen-bond acceptors (Lipinski definition) is 7. The summed E-state index contributed by atoms with van der Waals surface area (Å²) < 4.78 is 17.3. The van der Waals surface area contributed by atoms with E-state index in [-0.39, 0.29) is 47.8 Å². The highest BCUT2D eigenvalue weighted by Gasteiger charge is 2.74. The highest BCUT2D eigenvalue weighted by atomic mass is 16.8. The molecule has 35 heavy (non-hydrogen) atoms. The van der Waals surface area contributed by atoms with Gasteiger partial charge in [0.2, 0.25) is 0 Å². The maximum absolute atomic E-state index is 12.9. The molecule has 1 amide bonds. The van der Waals surface area contributed by atoms with Crippen molar-refractivity contribution in [3.8, 4) is 0 Å². The molecule has 0 spiro atoms. The van der Waals surface area contributed by atoms with Gasteiger partial charge < -0.3 is 19.5 Å². The fourth-order valence-electron chi connectivity index (χ4n) is 7.32. The van der Waals surface area contributed by atoms with E-state index in [1.165, 1.54) is 7.11 Å². The summed E-state index contributed by atoms with van der Waals surface area (Å²) in [6.07, 6.45) is 1.19. The van der Waals surface area contributed by atoms with E-state index in [9.17, 15) is 9.59 Å². The van der Waals surface area contributed by atoms with E-state index in [2.05, 4.69) is 26.1 Å². The summed E-state index contributed by atoms with van der Waals surface area (Å²) >= 11 is 0. The lowest BCUT2D eigenvalue weighted by Crippen LogP contribution is -2.53. The second-order valence-electron chi connectivity index (χ2n) is 11.5. The van der Waals surface area contributed by atoms with Gasteiger partial charge in [0.15, 0.2) is 0 Å². The minimum atomic E-state index is -0.604. The summed E-state index contributed by atoms with van der Waals surface area (Å²) in [4.78, 5) is 31.9. The van der Waals surface area contributed by atoms with Crippen molar-refractivity contribution < 1.29 is 28.6 Å². The number of hydrogen-bond donors (Lipinski definition) is 1. The van der Waals surface area contributed by atoms with E-state index in [1.54, 1.807) is 6.92 Å². The third-order valence-corrected chi connectivity index (χ3v) is 9.74. The average Bonchev–Trinajstić information content (AvgIpc) is 3.47. The second kappa shape index (κ2) is 8.75. The molecule has 5 rings (SSSR count). The van der Waals surface area contributed by atoms with Crippen molar-refractivity contribution >= 4 is 12.1 Å². The van der Waals surface area contributed by atoms with Crippen molar-refractivity contribution in [1.29, 1.82) is 0 Å². The molecule has 0 unspecified atom stereocenters. The van der Waals surface area contributed by atoms with Gasteiger partial charge in [-0.1, -0.05) is 51.1 Å². The number of carbonyl (C=O) groups excluding carboxylic acids is 2. The molecule has 8 heteroatoms. The van der Waals surface area contributed by atoms with Crippen LogP contribution in [0.4, 0.5) is 4.79 Å². The number of fused-ring (bicyclic) bond motifs is 7. The lowest BCUT2D eigenvalue weighted by Gasteiger charge is -2.39. The van der Waals surface area contributed by atoms with Gasteiger partial charge in [-0.25, -0.2) is 4.79 Å². The van der Waals surface area contributed by atoms with Gasteiger partial charge in [0.05, 0.1) is 43.2 Å². The normalized spacial score (nSPS) is 38.5. The molecule has 4 fully saturated rings. The Morgan fingerprint density at radius 1 is 1.23 bits per heavy atom. The zero-order valence-electron chi connectivity index (χ0n) is 21.5. The van der Waals surface area contributed by atoms with Crippen LogP contribution in [0.3, 0.4) is 0 Å². The fraction of sp³-hybridized carbons (Fsp3) is 0.704. The zero-order valence-corrected chi connectivity index (χ0v) is 21.5. The van der Waals surface area contributed by atoms with Crippen LogP contribution in [0.1, 0.15) is 53.0 Å². The summed E-state index contributed by atoms with van der Waals surface area (Å²) in [7, 11) is 1.36. The number of amides is 1. The molecule has 2 bridgehead atoms. The molecule has 2 aliphatic heterocycles. The highest BCUT2D eigenvalue weighted by Crippen LogP contribution is 2.70. The lowest BCUT2D eigenvalue weighted by atomic mass is 9.70. The Morgan fingerprint density at radius 2 is 1.94 bits per heavy atom. The smallest absolute Gasteiger partial charge is 0.407 e. The Morgan fingerprint density at radius 3 is 2.63 bits per heavy atom.